The predicted octanol–water partition coefficient (Wildman–Crippen LogP) is -1.88. The van der Waals surface area contributed by atoms with Crippen molar-refractivity contribution in [2.24, 2.45) is 0 Å². The molecule has 0 aromatic heterocycles. The Bertz CT molecular complexity index is 804. The van der Waals surface area contributed by atoms with Crippen LogP contribution in [0.25, 0.3) is 0 Å². The molecule has 0 saturated carbocycles. The second-order valence-corrected chi connectivity index (χ2v) is 6.71. The lowest BCUT2D eigenvalue weighted by Gasteiger charge is -2.46. The van der Waals surface area contributed by atoms with Crippen LogP contribution in [0.5, 0.6) is 5.75 Å². The number of hydrogen-bond donors (Lipinski definition) is 6. The molecule has 1 aromatic carbocycles. The fourth-order valence-electron chi connectivity index (χ4n) is 3.10. The van der Waals surface area contributed by atoms with Gasteiger partial charge in [0.25, 0.3) is 0 Å². The maximum absolute atomic E-state index is 12.0. The smallest absolute Gasteiger partial charge is 0.377 e. The molecule has 1 aliphatic heterocycles. The van der Waals surface area contributed by atoms with Crippen LogP contribution in [0.15, 0.2) is 24.3 Å². The monoisotopic (exact) mass is 430 g/mol. The van der Waals surface area contributed by atoms with Gasteiger partial charge in [-0.15, -0.1) is 0 Å². The van der Waals surface area contributed by atoms with Gasteiger partial charge in [-0.05, 0) is 6.07 Å². The van der Waals surface area contributed by atoms with E-state index in [-0.39, 0.29) is 0 Å². The zero-order valence-corrected chi connectivity index (χ0v) is 15.7. The van der Waals surface area contributed by atoms with E-state index in [0.717, 1.165) is 19.1 Å². The summed E-state index contributed by atoms with van der Waals surface area (Å²) in [5, 5.41) is 63.0. The Balaban J connectivity index is 2.49. The first-order chi connectivity index (χ1) is 14.0. The maximum atomic E-state index is 12.0. The van der Waals surface area contributed by atoms with Crippen LogP contribution in [0, 0.1) is 10.1 Å². The number of nitrogens with one attached hydrogen (secondary N) is 1. The second-order valence-electron chi connectivity index (χ2n) is 6.71. The number of rotatable bonds is 8. The molecule has 2 rings (SSSR count). The Kier molecular flexibility index (Phi) is 7.28. The first kappa shape index (κ1) is 23.4. The molecule has 13 nitrogen and oxygen atoms in total. The minimum absolute atomic E-state index is 0.481. The molecular formula is C17H22N2O11. The number of ether oxygens (including phenoxy) is 2. The number of carboxylic acid groups (broad SMARTS) is 1. The molecule has 0 unspecified atom stereocenters. The number of nitro benzene ring substituents is 1. The highest BCUT2D eigenvalue weighted by molar-refractivity contribution is 5.77. The topological polar surface area (TPSA) is 209 Å². The molecule has 166 valence electrons. The zero-order valence-electron chi connectivity index (χ0n) is 15.7. The van der Waals surface area contributed by atoms with Gasteiger partial charge in [0.05, 0.1) is 30.1 Å². The van der Waals surface area contributed by atoms with Crippen LogP contribution in [0.4, 0.5) is 5.69 Å². The molecule has 1 aliphatic rings. The molecule has 0 radical (unpaired) electrons. The van der Waals surface area contributed by atoms with Gasteiger partial charge in [-0.1, -0.05) is 12.1 Å². The molecular weight excluding hydrogens is 408 g/mol. The summed E-state index contributed by atoms with van der Waals surface area (Å²) in [5.41, 5.74) is -0.576. The van der Waals surface area contributed by atoms with Gasteiger partial charge >= 0.3 is 17.4 Å². The molecule has 30 heavy (non-hydrogen) atoms. The number of aliphatic carboxylic acids is 1. The molecule has 13 heteroatoms. The molecule has 1 amide bonds. The molecule has 1 saturated heterocycles. The predicted molar refractivity (Wildman–Crippen MR) is 96.3 cm³/mol. The van der Waals surface area contributed by atoms with Crippen LogP contribution in [0.1, 0.15) is 13.3 Å². The minimum atomic E-state index is -2.71. The molecule has 6 atom stereocenters. The van der Waals surface area contributed by atoms with Crippen molar-refractivity contribution in [1.82, 2.24) is 5.32 Å². The minimum Gasteiger partial charge on any atom is -0.476 e. The van der Waals surface area contributed by atoms with E-state index in [1.54, 1.807) is 0 Å². The van der Waals surface area contributed by atoms with Gasteiger partial charge in [-0.2, -0.15) is 0 Å². The Hall–Kier alpha value is -2.84. The van der Waals surface area contributed by atoms with E-state index in [9.17, 15) is 40.1 Å². The van der Waals surface area contributed by atoms with Gasteiger partial charge in [0, 0.05) is 13.0 Å². The standard InChI is InChI=1S/C17H22N2O11/c1-8(21)18-13-10(22)6-17(16(25)26,30-15(13)14(24)11(23)7-20)29-12-5-3-2-4-9(12)19(27)28/h2-5,10-11,13-15,20,22-24H,6-7H2,1H3,(H,18,21)(H,25,26)/t10-,11-,13-,14-,15+,17-/m1/s1. The van der Waals surface area contributed by atoms with E-state index in [1.165, 1.54) is 12.1 Å². The third kappa shape index (κ3) is 4.83. The van der Waals surface area contributed by atoms with Gasteiger partial charge in [0.15, 0.2) is 0 Å². The van der Waals surface area contributed by atoms with Crippen LogP contribution in [0.3, 0.4) is 0 Å². The Morgan fingerprint density at radius 1 is 1.40 bits per heavy atom. The number of aliphatic hydroxyl groups excluding tert-OH is 4. The number of nitrogens with zero attached hydrogens (tertiary/aromatic N) is 1. The summed E-state index contributed by atoms with van der Waals surface area (Å²) in [7, 11) is 0. The average Bonchev–Trinajstić information content (AvgIpc) is 2.68. The van der Waals surface area contributed by atoms with Crippen LogP contribution in [-0.2, 0) is 14.3 Å². The average molecular weight is 430 g/mol. The lowest BCUT2D eigenvalue weighted by Crippen LogP contribution is -2.68. The van der Waals surface area contributed by atoms with E-state index in [4.69, 9.17) is 14.6 Å². The number of carbonyl (C=O) groups is 2. The molecule has 0 spiro atoms. The largest absolute Gasteiger partial charge is 0.476 e. The lowest BCUT2D eigenvalue weighted by molar-refractivity contribution is -0.387. The van der Waals surface area contributed by atoms with Crippen molar-refractivity contribution in [3.8, 4) is 5.75 Å². The zero-order chi connectivity index (χ0) is 22.6. The Morgan fingerprint density at radius 2 is 2.03 bits per heavy atom. The second kappa shape index (κ2) is 9.32. The Morgan fingerprint density at radius 3 is 2.57 bits per heavy atom. The van der Waals surface area contributed by atoms with E-state index in [1.807, 2.05) is 0 Å². The Labute approximate surface area is 169 Å². The SMILES string of the molecule is CC(=O)N[C@H]1[C@@H]([C@H](O)[C@H](O)CO)O[C@@](Oc2ccccc2[N+](=O)[O-])(C(=O)O)C[C@H]1O. The third-order valence-electron chi connectivity index (χ3n) is 4.52. The third-order valence-corrected chi connectivity index (χ3v) is 4.52. The fourth-order valence-corrected chi connectivity index (χ4v) is 3.10. The summed E-state index contributed by atoms with van der Waals surface area (Å²) >= 11 is 0. The van der Waals surface area contributed by atoms with Crippen molar-refractivity contribution in [3.63, 3.8) is 0 Å². The fraction of sp³-hybridized carbons (Fsp3) is 0.529. The van der Waals surface area contributed by atoms with E-state index < -0.39 is 77.5 Å². The summed E-state index contributed by atoms with van der Waals surface area (Å²) in [6, 6.07) is 3.48. The van der Waals surface area contributed by atoms with Crippen molar-refractivity contribution in [2.45, 2.75) is 49.6 Å². The van der Waals surface area contributed by atoms with E-state index in [2.05, 4.69) is 5.32 Å². The number of carboxylic acids is 1. The number of benzene rings is 1. The van der Waals surface area contributed by atoms with Gasteiger partial charge in [-0.25, -0.2) is 4.79 Å². The molecule has 1 heterocycles. The van der Waals surface area contributed by atoms with Crippen molar-refractivity contribution < 1.29 is 49.5 Å². The summed E-state index contributed by atoms with van der Waals surface area (Å²) in [4.78, 5) is 33.9. The van der Waals surface area contributed by atoms with Gasteiger partial charge in [-0.3, -0.25) is 14.9 Å². The number of carbonyl (C=O) groups excluding carboxylic acids is 1. The number of para-hydroxylation sites is 2. The van der Waals surface area contributed by atoms with Crippen molar-refractivity contribution in [3.05, 3.63) is 34.4 Å². The summed E-state index contributed by atoms with van der Waals surface area (Å²) in [6.07, 6.45) is -7.95. The van der Waals surface area contributed by atoms with Crippen LogP contribution in [-0.4, -0.2) is 85.2 Å². The van der Waals surface area contributed by atoms with Crippen LogP contribution >= 0.6 is 0 Å². The van der Waals surface area contributed by atoms with Crippen molar-refractivity contribution in [2.75, 3.05) is 6.61 Å². The number of hydrogen-bond acceptors (Lipinski definition) is 10. The van der Waals surface area contributed by atoms with Gasteiger partial charge in [0.2, 0.25) is 11.7 Å². The highest BCUT2D eigenvalue weighted by atomic mass is 16.7. The molecule has 0 aliphatic carbocycles. The quantitative estimate of drug-likeness (QED) is 0.199. The normalized spacial score (nSPS) is 28.2. The van der Waals surface area contributed by atoms with Gasteiger partial charge in [0.1, 0.15) is 18.3 Å². The highest BCUT2D eigenvalue weighted by Gasteiger charge is 2.57. The van der Waals surface area contributed by atoms with E-state index >= 15 is 0 Å². The van der Waals surface area contributed by atoms with Gasteiger partial charge < -0.3 is 40.3 Å². The maximum Gasteiger partial charge on any atom is 0.377 e. The van der Waals surface area contributed by atoms with Crippen molar-refractivity contribution in [1.29, 1.82) is 0 Å². The van der Waals surface area contributed by atoms with Crippen LogP contribution < -0.4 is 10.1 Å². The highest BCUT2D eigenvalue weighted by Crippen LogP contribution is 2.37. The number of amides is 1. The van der Waals surface area contributed by atoms with E-state index in [0.29, 0.717) is 0 Å². The molecule has 0 bridgehead atoms. The number of aliphatic hydroxyl groups is 4. The molecule has 1 aromatic rings. The first-order valence-electron chi connectivity index (χ1n) is 8.78. The molecule has 6 N–H and O–H groups in total. The number of nitro groups is 1. The summed E-state index contributed by atoms with van der Waals surface area (Å²) in [5.74, 6) is -5.62. The van der Waals surface area contributed by atoms with Crippen molar-refractivity contribution >= 4 is 17.6 Å². The molecule has 1 fully saturated rings. The lowest BCUT2D eigenvalue weighted by atomic mass is 9.88. The summed E-state index contributed by atoms with van der Waals surface area (Å²) in [6.45, 7) is 0.163. The summed E-state index contributed by atoms with van der Waals surface area (Å²) < 4.78 is 10.7. The van der Waals surface area contributed by atoms with Crippen LogP contribution in [0.2, 0.25) is 0 Å². The first-order valence-corrected chi connectivity index (χ1v) is 8.78.